The number of halogens is 3. The Balaban J connectivity index is 1.70. The molecule has 1 aliphatic heterocycles. The number of nitrogens with zero attached hydrogens (tertiary/aromatic N) is 3. The molecule has 1 fully saturated rings. The Morgan fingerprint density at radius 1 is 1.23 bits per heavy atom. The minimum atomic E-state index is -2.88. The molecule has 0 saturated carbocycles. The lowest BCUT2D eigenvalue weighted by atomic mass is 9.99. The first-order valence-electron chi connectivity index (χ1n) is 9.87. The number of nitriles is 1. The van der Waals surface area contributed by atoms with Crippen molar-refractivity contribution in [1.29, 1.82) is 5.26 Å². The van der Waals surface area contributed by atoms with Gasteiger partial charge in [-0.1, -0.05) is 18.2 Å². The molecule has 1 aromatic heterocycles. The number of rotatable bonds is 6. The van der Waals surface area contributed by atoms with Crippen molar-refractivity contribution in [3.05, 3.63) is 59.5 Å². The molecule has 2 heterocycles. The van der Waals surface area contributed by atoms with Gasteiger partial charge in [0, 0.05) is 42.0 Å². The quantitative estimate of drug-likeness (QED) is 0.568. The third-order valence-corrected chi connectivity index (χ3v) is 5.58. The van der Waals surface area contributed by atoms with E-state index in [2.05, 4.69) is 21.3 Å². The normalized spacial score (nSPS) is 14.9. The van der Waals surface area contributed by atoms with Gasteiger partial charge in [-0.05, 0) is 19.1 Å². The molecule has 1 aliphatic rings. The van der Waals surface area contributed by atoms with E-state index in [9.17, 15) is 13.2 Å². The van der Waals surface area contributed by atoms with Crippen molar-refractivity contribution in [2.24, 2.45) is 5.92 Å². The highest BCUT2D eigenvalue weighted by molar-refractivity contribution is 5.95. The lowest BCUT2D eigenvalue weighted by Gasteiger charge is -2.38. The van der Waals surface area contributed by atoms with Crippen LogP contribution in [0.1, 0.15) is 30.5 Å². The summed E-state index contributed by atoms with van der Waals surface area (Å²) in [6, 6.07) is 11.2. The van der Waals surface area contributed by atoms with Crippen molar-refractivity contribution < 1.29 is 17.9 Å². The SMILES string of the molecule is COc1cc2nccc(NC(C)c3cccc(C(F)F)c3F)c2cc1N1CC(C#N)C1. The number of anilines is 2. The zero-order valence-corrected chi connectivity index (χ0v) is 17.1. The molecule has 160 valence electrons. The molecule has 3 aromatic rings. The van der Waals surface area contributed by atoms with E-state index in [0.29, 0.717) is 30.0 Å². The molecule has 1 N–H and O–H groups in total. The van der Waals surface area contributed by atoms with Crippen LogP contribution in [0, 0.1) is 23.1 Å². The van der Waals surface area contributed by atoms with E-state index in [-0.39, 0.29) is 11.5 Å². The van der Waals surface area contributed by atoms with Gasteiger partial charge in [-0.3, -0.25) is 4.98 Å². The highest BCUT2D eigenvalue weighted by Gasteiger charge is 2.29. The summed E-state index contributed by atoms with van der Waals surface area (Å²) in [4.78, 5) is 6.45. The van der Waals surface area contributed by atoms with Gasteiger partial charge in [0.05, 0.1) is 41.9 Å². The predicted octanol–water partition coefficient (Wildman–Crippen LogP) is 5.45. The first-order valence-corrected chi connectivity index (χ1v) is 9.87. The number of ether oxygens (including phenoxy) is 1. The van der Waals surface area contributed by atoms with E-state index in [0.717, 1.165) is 17.1 Å². The van der Waals surface area contributed by atoms with E-state index < -0.39 is 23.8 Å². The zero-order chi connectivity index (χ0) is 22.1. The highest BCUT2D eigenvalue weighted by Crippen LogP contribution is 2.39. The average molecular weight is 426 g/mol. The Hall–Kier alpha value is -3.47. The van der Waals surface area contributed by atoms with Gasteiger partial charge in [0.1, 0.15) is 11.6 Å². The van der Waals surface area contributed by atoms with E-state index in [1.807, 2.05) is 12.1 Å². The minimum Gasteiger partial charge on any atom is -0.495 e. The van der Waals surface area contributed by atoms with Crippen LogP contribution in [0.25, 0.3) is 10.9 Å². The number of alkyl halides is 2. The average Bonchev–Trinajstić information content (AvgIpc) is 2.72. The number of nitrogens with one attached hydrogen (secondary N) is 1. The third kappa shape index (κ3) is 3.83. The Morgan fingerprint density at radius 3 is 2.65 bits per heavy atom. The first kappa shape index (κ1) is 20.8. The van der Waals surface area contributed by atoms with Crippen LogP contribution in [-0.4, -0.2) is 25.2 Å². The number of hydrogen-bond donors (Lipinski definition) is 1. The standard InChI is InChI=1S/C23H21F3N4O/c1-13(15-4-3-5-16(22(15)24)23(25)26)29-18-6-7-28-19-9-21(31-2)20(8-17(18)19)30-11-14(10-27)12-30/h3-9,13-14,23H,11-12H2,1-2H3,(H,28,29). The monoisotopic (exact) mass is 426 g/mol. The predicted molar refractivity (Wildman–Crippen MR) is 113 cm³/mol. The number of pyridine rings is 1. The maximum absolute atomic E-state index is 14.6. The summed E-state index contributed by atoms with van der Waals surface area (Å²) in [5, 5.41) is 13.1. The Bertz CT molecular complexity index is 1160. The topological polar surface area (TPSA) is 61.2 Å². The van der Waals surface area contributed by atoms with Gasteiger partial charge in [0.15, 0.2) is 0 Å². The van der Waals surface area contributed by atoms with E-state index in [1.165, 1.54) is 12.1 Å². The lowest BCUT2D eigenvalue weighted by molar-refractivity contribution is 0.146. The van der Waals surface area contributed by atoms with Crippen LogP contribution >= 0.6 is 0 Å². The Kier molecular flexibility index (Phi) is 5.59. The van der Waals surface area contributed by atoms with E-state index in [1.54, 1.807) is 26.3 Å². The number of hydrogen-bond acceptors (Lipinski definition) is 5. The molecular weight excluding hydrogens is 405 g/mol. The number of aromatic nitrogens is 1. The van der Waals surface area contributed by atoms with Gasteiger partial charge in [0.25, 0.3) is 6.43 Å². The summed E-state index contributed by atoms with van der Waals surface area (Å²) in [6.45, 7) is 2.95. The van der Waals surface area contributed by atoms with Gasteiger partial charge in [-0.2, -0.15) is 5.26 Å². The van der Waals surface area contributed by atoms with Crippen LogP contribution in [0.2, 0.25) is 0 Å². The van der Waals surface area contributed by atoms with Crippen molar-refractivity contribution in [1.82, 2.24) is 4.98 Å². The van der Waals surface area contributed by atoms with Gasteiger partial charge in [0.2, 0.25) is 0 Å². The third-order valence-electron chi connectivity index (χ3n) is 5.58. The molecule has 1 atom stereocenters. The molecule has 8 heteroatoms. The summed E-state index contributed by atoms with van der Waals surface area (Å²) in [5.41, 5.74) is 1.77. The zero-order valence-electron chi connectivity index (χ0n) is 17.1. The summed E-state index contributed by atoms with van der Waals surface area (Å²) in [6.07, 6.45) is -1.25. The van der Waals surface area contributed by atoms with Gasteiger partial charge in [-0.15, -0.1) is 0 Å². The smallest absolute Gasteiger partial charge is 0.266 e. The maximum Gasteiger partial charge on any atom is 0.266 e. The molecule has 1 unspecified atom stereocenters. The second-order valence-electron chi connectivity index (χ2n) is 7.55. The van der Waals surface area contributed by atoms with Crippen molar-refractivity contribution in [2.45, 2.75) is 19.4 Å². The molecule has 1 saturated heterocycles. The molecule has 0 amide bonds. The molecular formula is C23H21F3N4O. The van der Waals surface area contributed by atoms with Crippen LogP contribution in [0.5, 0.6) is 5.75 Å². The second-order valence-corrected chi connectivity index (χ2v) is 7.55. The van der Waals surface area contributed by atoms with Crippen molar-refractivity contribution >= 4 is 22.3 Å². The number of benzene rings is 2. The summed E-state index contributed by atoms with van der Waals surface area (Å²) < 4.78 is 46.3. The molecule has 0 aliphatic carbocycles. The summed E-state index contributed by atoms with van der Waals surface area (Å²) in [7, 11) is 1.58. The summed E-state index contributed by atoms with van der Waals surface area (Å²) >= 11 is 0. The van der Waals surface area contributed by atoms with Gasteiger partial charge < -0.3 is 15.0 Å². The van der Waals surface area contributed by atoms with E-state index in [4.69, 9.17) is 10.00 Å². The van der Waals surface area contributed by atoms with Crippen LogP contribution in [0.4, 0.5) is 24.5 Å². The largest absolute Gasteiger partial charge is 0.495 e. The van der Waals surface area contributed by atoms with Crippen LogP contribution in [0.15, 0.2) is 42.6 Å². The highest BCUT2D eigenvalue weighted by atomic mass is 19.3. The number of methoxy groups -OCH3 is 1. The van der Waals surface area contributed by atoms with Crippen molar-refractivity contribution in [2.75, 3.05) is 30.4 Å². The molecule has 5 nitrogen and oxygen atoms in total. The van der Waals surface area contributed by atoms with Crippen LogP contribution < -0.4 is 15.0 Å². The fourth-order valence-corrected chi connectivity index (χ4v) is 3.84. The fourth-order valence-electron chi connectivity index (χ4n) is 3.84. The second kappa shape index (κ2) is 8.34. The molecule has 0 spiro atoms. The van der Waals surface area contributed by atoms with Gasteiger partial charge >= 0.3 is 0 Å². The molecule has 31 heavy (non-hydrogen) atoms. The molecule has 0 radical (unpaired) electrons. The van der Waals surface area contributed by atoms with Crippen LogP contribution in [-0.2, 0) is 0 Å². The Morgan fingerprint density at radius 2 is 1.97 bits per heavy atom. The molecule has 0 bridgehead atoms. The molecule has 4 rings (SSSR count). The minimum absolute atomic E-state index is 0.0167. The van der Waals surface area contributed by atoms with Crippen molar-refractivity contribution in [3.63, 3.8) is 0 Å². The lowest BCUT2D eigenvalue weighted by Crippen LogP contribution is -2.46. The fraction of sp³-hybridized carbons (Fsp3) is 0.304. The van der Waals surface area contributed by atoms with Gasteiger partial charge in [-0.25, -0.2) is 13.2 Å². The first-order chi connectivity index (χ1) is 14.9. The van der Waals surface area contributed by atoms with Crippen molar-refractivity contribution in [3.8, 4) is 11.8 Å². The number of fused-ring (bicyclic) bond motifs is 1. The molecule has 2 aromatic carbocycles. The van der Waals surface area contributed by atoms with E-state index >= 15 is 0 Å². The Labute approximate surface area is 178 Å². The summed E-state index contributed by atoms with van der Waals surface area (Å²) in [5.74, 6) is -0.268. The maximum atomic E-state index is 14.6. The van der Waals surface area contributed by atoms with Crippen LogP contribution in [0.3, 0.4) is 0 Å².